The van der Waals surface area contributed by atoms with Gasteiger partial charge in [-0.1, -0.05) is 173 Å². The van der Waals surface area contributed by atoms with Crippen LogP contribution in [0.25, 0.3) is 111 Å². The molecule has 2 heteroatoms. The predicted octanol–water partition coefficient (Wildman–Crippen LogP) is 17.5. The Morgan fingerprint density at radius 3 is 1.54 bits per heavy atom. The van der Waals surface area contributed by atoms with E-state index in [1.165, 1.54) is 133 Å². The van der Waals surface area contributed by atoms with Crippen molar-refractivity contribution in [1.29, 1.82) is 0 Å². The molecule has 2 nitrogen and oxygen atoms in total. The van der Waals surface area contributed by atoms with Crippen molar-refractivity contribution in [3.05, 3.63) is 240 Å². The molecule has 0 amide bonds. The Kier molecular flexibility index (Phi) is 8.12. The summed E-state index contributed by atoms with van der Waals surface area (Å²) in [4.78, 5) is 0. The Balaban J connectivity index is 0.799. The predicted molar refractivity (Wildman–Crippen MR) is 289 cm³/mol. The summed E-state index contributed by atoms with van der Waals surface area (Å²) in [6.45, 7) is 9.65. The van der Waals surface area contributed by atoms with Crippen molar-refractivity contribution in [1.82, 2.24) is 9.13 Å². The van der Waals surface area contributed by atoms with Crippen LogP contribution >= 0.6 is 0 Å². The minimum atomic E-state index is -0.158. The SMILES string of the molecule is CC1(C)c2cc(C=Cc3ccc4c(c3)c3ccccc3n4-c3ccccc3)ccc2-c2cc3c(cc21)-c1ccc(-c2ccc4c(c2)c2ccccc2n4-c2cccc4ccccc24)cc1C3(C)C. The fourth-order valence-electron chi connectivity index (χ4n) is 12.2. The highest BCUT2D eigenvalue weighted by atomic mass is 15.0. The summed E-state index contributed by atoms with van der Waals surface area (Å²) < 4.78 is 4.82. The zero-order chi connectivity index (χ0) is 45.5. The molecular formula is C66H48N2. The lowest BCUT2D eigenvalue weighted by atomic mass is 9.79. The second-order valence-electron chi connectivity index (χ2n) is 20.1. The van der Waals surface area contributed by atoms with Gasteiger partial charge in [0, 0.05) is 43.4 Å². The van der Waals surface area contributed by atoms with Crippen molar-refractivity contribution in [2.45, 2.75) is 38.5 Å². The van der Waals surface area contributed by atoms with Crippen LogP contribution in [0.2, 0.25) is 0 Å². The first-order valence-corrected chi connectivity index (χ1v) is 24.0. The van der Waals surface area contributed by atoms with E-state index in [2.05, 4.69) is 255 Å². The molecule has 0 N–H and O–H groups in total. The first-order valence-electron chi connectivity index (χ1n) is 24.0. The van der Waals surface area contributed by atoms with Gasteiger partial charge < -0.3 is 9.13 Å². The normalized spacial score (nSPS) is 14.4. The van der Waals surface area contributed by atoms with Crippen LogP contribution in [-0.4, -0.2) is 9.13 Å². The Morgan fingerprint density at radius 1 is 0.324 bits per heavy atom. The minimum Gasteiger partial charge on any atom is -0.309 e. The van der Waals surface area contributed by atoms with E-state index in [0.29, 0.717) is 0 Å². The van der Waals surface area contributed by atoms with Gasteiger partial charge in [0.1, 0.15) is 0 Å². The van der Waals surface area contributed by atoms with E-state index in [9.17, 15) is 0 Å². The van der Waals surface area contributed by atoms with Crippen LogP contribution in [0.15, 0.2) is 206 Å². The summed E-state index contributed by atoms with van der Waals surface area (Å²) in [5.41, 5.74) is 23.0. The number of nitrogens with zero attached hydrogens (tertiary/aromatic N) is 2. The highest BCUT2D eigenvalue weighted by molar-refractivity contribution is 6.12. The van der Waals surface area contributed by atoms with E-state index >= 15 is 0 Å². The molecule has 10 aromatic carbocycles. The quantitative estimate of drug-likeness (QED) is 0.153. The number of para-hydroxylation sites is 3. The molecule has 0 aliphatic heterocycles. The molecule has 2 aromatic heterocycles. The van der Waals surface area contributed by atoms with Crippen molar-refractivity contribution < 1.29 is 0 Å². The molecule has 0 radical (unpaired) electrons. The first-order chi connectivity index (χ1) is 33.2. The zero-order valence-electron chi connectivity index (χ0n) is 38.7. The van der Waals surface area contributed by atoms with Gasteiger partial charge in [-0.25, -0.2) is 0 Å². The maximum Gasteiger partial charge on any atom is 0.0541 e. The lowest BCUT2D eigenvalue weighted by Gasteiger charge is -2.24. The fraction of sp³-hybridized carbons (Fsp3) is 0.0909. The Labute approximate surface area is 396 Å². The first kappa shape index (κ1) is 39.0. The summed E-state index contributed by atoms with van der Waals surface area (Å²) >= 11 is 0. The topological polar surface area (TPSA) is 9.86 Å². The van der Waals surface area contributed by atoms with Gasteiger partial charge in [0.2, 0.25) is 0 Å². The molecule has 2 heterocycles. The van der Waals surface area contributed by atoms with Crippen molar-refractivity contribution in [2.24, 2.45) is 0 Å². The van der Waals surface area contributed by atoms with Crippen molar-refractivity contribution >= 4 is 66.5 Å². The van der Waals surface area contributed by atoms with Gasteiger partial charge in [-0.15, -0.1) is 0 Å². The fourth-order valence-corrected chi connectivity index (χ4v) is 12.2. The average Bonchev–Trinajstić information content (AvgIpc) is 4.03. The lowest BCUT2D eigenvalue weighted by Crippen LogP contribution is -2.17. The van der Waals surface area contributed by atoms with Gasteiger partial charge in [-0.3, -0.25) is 0 Å². The van der Waals surface area contributed by atoms with Crippen LogP contribution < -0.4 is 0 Å². The second-order valence-corrected chi connectivity index (χ2v) is 20.1. The molecule has 322 valence electrons. The third kappa shape index (κ3) is 5.52. The number of aromatic nitrogens is 2. The highest BCUT2D eigenvalue weighted by Gasteiger charge is 2.42. The average molecular weight is 869 g/mol. The van der Waals surface area contributed by atoms with Crippen LogP contribution in [0.1, 0.15) is 61.1 Å². The molecule has 0 atom stereocenters. The zero-order valence-corrected chi connectivity index (χ0v) is 38.7. The largest absolute Gasteiger partial charge is 0.309 e. The number of hydrogen-bond acceptors (Lipinski definition) is 0. The van der Waals surface area contributed by atoms with Crippen molar-refractivity contribution in [2.75, 3.05) is 0 Å². The van der Waals surface area contributed by atoms with Crippen LogP contribution in [0.5, 0.6) is 0 Å². The van der Waals surface area contributed by atoms with Gasteiger partial charge >= 0.3 is 0 Å². The van der Waals surface area contributed by atoms with Gasteiger partial charge in [0.15, 0.2) is 0 Å². The third-order valence-corrected chi connectivity index (χ3v) is 15.7. The van der Waals surface area contributed by atoms with E-state index < -0.39 is 0 Å². The molecule has 0 bridgehead atoms. The van der Waals surface area contributed by atoms with E-state index in [0.717, 1.165) is 0 Å². The smallest absolute Gasteiger partial charge is 0.0541 e. The molecule has 68 heavy (non-hydrogen) atoms. The number of fused-ring (bicyclic) bond motifs is 13. The molecule has 0 spiro atoms. The molecule has 2 aliphatic rings. The number of hydrogen-bond donors (Lipinski definition) is 0. The van der Waals surface area contributed by atoms with E-state index in [4.69, 9.17) is 0 Å². The van der Waals surface area contributed by atoms with E-state index in [1.807, 2.05) is 0 Å². The Bertz CT molecular complexity index is 4130. The molecule has 0 fully saturated rings. The van der Waals surface area contributed by atoms with E-state index in [1.54, 1.807) is 0 Å². The number of rotatable bonds is 5. The molecule has 2 aliphatic carbocycles. The highest BCUT2D eigenvalue weighted by Crippen LogP contribution is 2.57. The Morgan fingerprint density at radius 2 is 0.809 bits per heavy atom. The van der Waals surface area contributed by atoms with Gasteiger partial charge in [-0.05, 0) is 145 Å². The summed E-state index contributed by atoms with van der Waals surface area (Å²) in [5, 5.41) is 7.59. The van der Waals surface area contributed by atoms with Crippen molar-refractivity contribution in [3.63, 3.8) is 0 Å². The maximum absolute atomic E-state index is 2.53. The minimum absolute atomic E-state index is 0.144. The van der Waals surface area contributed by atoms with Gasteiger partial charge in [0.05, 0.1) is 27.8 Å². The molecule has 12 aromatic rings. The van der Waals surface area contributed by atoms with Crippen LogP contribution in [-0.2, 0) is 10.8 Å². The van der Waals surface area contributed by atoms with Crippen LogP contribution in [0.4, 0.5) is 0 Å². The molecule has 14 rings (SSSR count). The van der Waals surface area contributed by atoms with Gasteiger partial charge in [-0.2, -0.15) is 0 Å². The van der Waals surface area contributed by atoms with Gasteiger partial charge in [0.25, 0.3) is 0 Å². The van der Waals surface area contributed by atoms with Crippen LogP contribution in [0, 0.1) is 0 Å². The second kappa shape index (κ2) is 14.2. The molecular weight excluding hydrogens is 821 g/mol. The summed E-state index contributed by atoms with van der Waals surface area (Å²) in [5.74, 6) is 0. The molecule has 0 saturated heterocycles. The summed E-state index contributed by atoms with van der Waals surface area (Å²) in [6, 6.07) is 76.9. The summed E-state index contributed by atoms with van der Waals surface area (Å²) in [6.07, 6.45) is 4.56. The third-order valence-electron chi connectivity index (χ3n) is 15.7. The number of benzene rings is 10. The molecule has 0 saturated carbocycles. The molecule has 0 unspecified atom stereocenters. The lowest BCUT2D eigenvalue weighted by molar-refractivity contribution is 0.652. The van der Waals surface area contributed by atoms with Crippen LogP contribution in [0.3, 0.4) is 0 Å². The van der Waals surface area contributed by atoms with Crippen molar-refractivity contribution in [3.8, 4) is 44.8 Å². The maximum atomic E-state index is 2.53. The Hall–Kier alpha value is -8.20. The summed E-state index contributed by atoms with van der Waals surface area (Å²) in [7, 11) is 0. The monoisotopic (exact) mass is 868 g/mol. The van der Waals surface area contributed by atoms with E-state index in [-0.39, 0.29) is 10.8 Å². The standard InChI is InChI=1S/C66H48N2/c1-65(2)56-36-42(26-25-41-28-33-63-54(35-41)50-20-10-12-22-61(50)67(63)46-17-6-5-7-18-46)27-31-48(56)52-39-59-53(40-58(52)65)49-32-29-45(38-57(49)66(59,3)4)44-30-34-64-55(37-44)51-21-11-13-23-62(51)68(64)60-24-14-16-43-15-8-9-19-47(43)60/h5-40H,1-4H3.